The monoisotopic (exact) mass is 267 g/mol. The van der Waals surface area contributed by atoms with Gasteiger partial charge in [0.05, 0.1) is 5.52 Å². The van der Waals surface area contributed by atoms with Gasteiger partial charge in [-0.2, -0.15) is 0 Å². The summed E-state index contributed by atoms with van der Waals surface area (Å²) in [6.45, 7) is 2.79. The van der Waals surface area contributed by atoms with Crippen LogP contribution in [0.5, 0.6) is 0 Å². The Morgan fingerprint density at radius 3 is 3.07 bits per heavy atom. The van der Waals surface area contributed by atoms with Crippen LogP contribution in [-0.2, 0) is 6.42 Å². The molecule has 3 nitrogen and oxygen atoms in total. The van der Waals surface area contributed by atoms with Gasteiger partial charge in [0.25, 0.3) is 0 Å². The molecule has 0 amide bonds. The first-order valence-electron chi connectivity index (χ1n) is 5.05. The van der Waals surface area contributed by atoms with Gasteiger partial charge in [0.15, 0.2) is 0 Å². The van der Waals surface area contributed by atoms with Gasteiger partial charge in [-0.3, -0.25) is 0 Å². The van der Waals surface area contributed by atoms with Gasteiger partial charge in [-0.1, -0.05) is 0 Å². The molecule has 2 aromatic heterocycles. The van der Waals surface area contributed by atoms with E-state index in [1.54, 1.807) is 0 Å². The summed E-state index contributed by atoms with van der Waals surface area (Å²) >= 11 is 3.48. The molecule has 0 spiro atoms. The van der Waals surface area contributed by atoms with Gasteiger partial charge in [-0.05, 0) is 53.5 Å². The molecule has 80 valence electrons. The van der Waals surface area contributed by atoms with E-state index in [1.165, 1.54) is 5.56 Å². The summed E-state index contributed by atoms with van der Waals surface area (Å²) in [4.78, 5) is 4.49. The zero-order valence-electron chi connectivity index (χ0n) is 8.70. The van der Waals surface area contributed by atoms with Crippen molar-refractivity contribution in [3.05, 3.63) is 34.3 Å². The second-order valence-corrected chi connectivity index (χ2v) is 4.42. The number of nitrogens with two attached hydrogens (primary N) is 1. The lowest BCUT2D eigenvalue weighted by molar-refractivity contribution is 0.777. The fourth-order valence-corrected chi connectivity index (χ4v) is 2.16. The van der Waals surface area contributed by atoms with Crippen LogP contribution in [-0.4, -0.2) is 15.9 Å². The largest absolute Gasteiger partial charge is 0.330 e. The van der Waals surface area contributed by atoms with Crippen LogP contribution in [0.3, 0.4) is 0 Å². The molecule has 0 radical (unpaired) electrons. The molecule has 4 heteroatoms. The highest BCUT2D eigenvalue weighted by atomic mass is 79.9. The second kappa shape index (κ2) is 4.33. The lowest BCUT2D eigenvalue weighted by Gasteiger charge is -2.00. The average Bonchev–Trinajstić information content (AvgIpc) is 2.53. The number of hydrogen-bond donors (Lipinski definition) is 1. The third kappa shape index (κ3) is 2.06. The quantitative estimate of drug-likeness (QED) is 0.928. The highest BCUT2D eigenvalue weighted by Gasteiger charge is 2.07. The van der Waals surface area contributed by atoms with Gasteiger partial charge in [0.2, 0.25) is 0 Å². The van der Waals surface area contributed by atoms with Crippen LogP contribution in [0.25, 0.3) is 5.52 Å². The Morgan fingerprint density at radius 1 is 1.53 bits per heavy atom. The van der Waals surface area contributed by atoms with Crippen LogP contribution in [0.4, 0.5) is 0 Å². The summed E-state index contributed by atoms with van der Waals surface area (Å²) in [7, 11) is 0. The molecule has 0 aliphatic rings. The minimum Gasteiger partial charge on any atom is -0.330 e. The minimum atomic E-state index is 0.707. The Bertz CT molecular complexity index is 476. The first-order valence-corrected chi connectivity index (χ1v) is 5.85. The number of nitrogens with zero attached hydrogens (tertiary/aromatic N) is 2. The molecule has 0 aliphatic carbocycles. The van der Waals surface area contributed by atoms with Crippen molar-refractivity contribution in [1.82, 2.24) is 9.38 Å². The van der Waals surface area contributed by atoms with E-state index in [2.05, 4.69) is 50.6 Å². The number of rotatable bonds is 3. The fraction of sp³-hybridized carbons (Fsp3) is 0.364. The van der Waals surface area contributed by atoms with E-state index < -0.39 is 0 Å². The third-order valence-electron chi connectivity index (χ3n) is 2.43. The van der Waals surface area contributed by atoms with E-state index in [4.69, 9.17) is 5.73 Å². The summed E-state index contributed by atoms with van der Waals surface area (Å²) in [6, 6.07) is 4.22. The lowest BCUT2D eigenvalue weighted by Crippen LogP contribution is -2.03. The van der Waals surface area contributed by atoms with Gasteiger partial charge in [0, 0.05) is 12.6 Å². The standard InChI is InChI=1S/C11H14BrN3/c1-8-4-6-15-9(7-8)11(12)14-10(15)3-2-5-13/h4,6-7H,2-3,5,13H2,1H3. The molecule has 0 bridgehead atoms. The van der Waals surface area contributed by atoms with Crippen LogP contribution in [0, 0.1) is 6.92 Å². The van der Waals surface area contributed by atoms with Crippen molar-refractivity contribution in [2.24, 2.45) is 5.73 Å². The summed E-state index contributed by atoms with van der Waals surface area (Å²) in [5.74, 6) is 1.07. The number of imidazole rings is 1. The molecule has 2 heterocycles. The molecule has 2 N–H and O–H groups in total. The molecular formula is C11H14BrN3. The average molecular weight is 268 g/mol. The van der Waals surface area contributed by atoms with E-state index >= 15 is 0 Å². The van der Waals surface area contributed by atoms with E-state index in [0.717, 1.165) is 28.8 Å². The van der Waals surface area contributed by atoms with Crippen molar-refractivity contribution in [2.75, 3.05) is 6.54 Å². The molecule has 2 rings (SSSR count). The second-order valence-electron chi connectivity index (χ2n) is 3.67. The Hall–Kier alpha value is -0.870. The molecule has 0 aliphatic heterocycles. The Labute approximate surface area is 97.4 Å². The van der Waals surface area contributed by atoms with Crippen molar-refractivity contribution >= 4 is 21.4 Å². The lowest BCUT2D eigenvalue weighted by atomic mass is 10.2. The smallest absolute Gasteiger partial charge is 0.132 e. The van der Waals surface area contributed by atoms with Crippen LogP contribution in [0.15, 0.2) is 22.9 Å². The number of pyridine rings is 1. The highest BCUT2D eigenvalue weighted by Crippen LogP contribution is 2.20. The van der Waals surface area contributed by atoms with Crippen molar-refractivity contribution in [1.29, 1.82) is 0 Å². The van der Waals surface area contributed by atoms with Gasteiger partial charge < -0.3 is 10.1 Å². The molecule has 0 saturated heterocycles. The number of fused-ring (bicyclic) bond motifs is 1. The maximum atomic E-state index is 5.50. The number of hydrogen-bond acceptors (Lipinski definition) is 2. The normalized spacial score (nSPS) is 11.1. The van der Waals surface area contributed by atoms with Gasteiger partial charge >= 0.3 is 0 Å². The van der Waals surface area contributed by atoms with E-state index in [1.807, 2.05) is 0 Å². The first kappa shape index (κ1) is 10.6. The Kier molecular flexibility index (Phi) is 3.07. The number of halogens is 1. The van der Waals surface area contributed by atoms with Crippen LogP contribution >= 0.6 is 15.9 Å². The van der Waals surface area contributed by atoms with E-state index in [9.17, 15) is 0 Å². The zero-order valence-corrected chi connectivity index (χ0v) is 10.3. The molecule has 0 aromatic carbocycles. The predicted octanol–water partition coefficient (Wildman–Crippen LogP) is 2.30. The summed E-state index contributed by atoms with van der Waals surface area (Å²) < 4.78 is 3.03. The highest BCUT2D eigenvalue weighted by molar-refractivity contribution is 9.10. The SMILES string of the molecule is Cc1ccn2c(CCCN)nc(Br)c2c1. The summed E-state index contributed by atoms with van der Waals surface area (Å²) in [5.41, 5.74) is 7.87. The van der Waals surface area contributed by atoms with Crippen molar-refractivity contribution < 1.29 is 0 Å². The molecule has 2 aromatic rings. The Morgan fingerprint density at radius 2 is 2.33 bits per heavy atom. The maximum absolute atomic E-state index is 5.50. The van der Waals surface area contributed by atoms with Gasteiger partial charge in [0.1, 0.15) is 10.4 Å². The van der Waals surface area contributed by atoms with Gasteiger partial charge in [-0.25, -0.2) is 4.98 Å². The van der Waals surface area contributed by atoms with Crippen LogP contribution < -0.4 is 5.73 Å². The molecule has 15 heavy (non-hydrogen) atoms. The van der Waals surface area contributed by atoms with Gasteiger partial charge in [-0.15, -0.1) is 0 Å². The first-order chi connectivity index (χ1) is 7.22. The van der Waals surface area contributed by atoms with Crippen molar-refractivity contribution in [3.8, 4) is 0 Å². The zero-order chi connectivity index (χ0) is 10.8. The minimum absolute atomic E-state index is 0.707. The van der Waals surface area contributed by atoms with Crippen LogP contribution in [0.1, 0.15) is 17.8 Å². The maximum Gasteiger partial charge on any atom is 0.132 e. The van der Waals surface area contributed by atoms with E-state index in [-0.39, 0.29) is 0 Å². The Balaban J connectivity index is 2.48. The number of aromatic nitrogens is 2. The topological polar surface area (TPSA) is 43.3 Å². The van der Waals surface area contributed by atoms with Crippen molar-refractivity contribution in [2.45, 2.75) is 19.8 Å². The van der Waals surface area contributed by atoms with E-state index in [0.29, 0.717) is 6.54 Å². The summed E-state index contributed by atoms with van der Waals surface area (Å²) in [5, 5.41) is 0. The fourth-order valence-electron chi connectivity index (χ4n) is 1.65. The molecule has 0 fully saturated rings. The number of aryl methyl sites for hydroxylation is 2. The molecule has 0 atom stereocenters. The molecule has 0 unspecified atom stereocenters. The molecule has 0 saturated carbocycles. The third-order valence-corrected chi connectivity index (χ3v) is 3.02. The van der Waals surface area contributed by atoms with Crippen molar-refractivity contribution in [3.63, 3.8) is 0 Å². The molecular weight excluding hydrogens is 254 g/mol. The van der Waals surface area contributed by atoms with Crippen LogP contribution in [0.2, 0.25) is 0 Å². The predicted molar refractivity (Wildman–Crippen MR) is 65.0 cm³/mol. The summed E-state index contributed by atoms with van der Waals surface area (Å²) in [6.07, 6.45) is 3.96.